The topological polar surface area (TPSA) is 100 Å². The van der Waals surface area contributed by atoms with Crippen molar-refractivity contribution in [1.29, 1.82) is 0 Å². The summed E-state index contributed by atoms with van der Waals surface area (Å²) in [6, 6.07) is 4.02. The Hall–Kier alpha value is -3.20. The number of likely N-dealkylation sites (tertiary alicyclic amines) is 1. The van der Waals surface area contributed by atoms with Crippen LogP contribution in [0.5, 0.6) is 11.5 Å². The molecule has 1 amide bonds. The van der Waals surface area contributed by atoms with E-state index < -0.39 is 11.6 Å². The van der Waals surface area contributed by atoms with Crippen LogP contribution in [0.15, 0.2) is 24.5 Å². The number of amides is 1. The lowest BCUT2D eigenvalue weighted by molar-refractivity contribution is -0.0937. The van der Waals surface area contributed by atoms with Gasteiger partial charge in [-0.15, -0.1) is 0 Å². The Morgan fingerprint density at radius 3 is 2.26 bits per heavy atom. The molecule has 0 aliphatic carbocycles. The van der Waals surface area contributed by atoms with Crippen LogP contribution in [0, 0.1) is 0 Å². The Kier molecular flexibility index (Phi) is 5.77. The fourth-order valence-electron chi connectivity index (χ4n) is 4.28. The fourth-order valence-corrected chi connectivity index (χ4v) is 4.28. The smallest absolute Gasteiger partial charge is 0.358 e. The Labute approximate surface area is 180 Å². The van der Waals surface area contributed by atoms with E-state index in [1.807, 2.05) is 12.1 Å². The summed E-state index contributed by atoms with van der Waals surface area (Å²) >= 11 is 0. The van der Waals surface area contributed by atoms with E-state index in [0.29, 0.717) is 44.0 Å². The molecule has 9 nitrogen and oxygen atoms in total. The molecule has 4 rings (SSSR count). The Morgan fingerprint density at radius 2 is 1.65 bits per heavy atom. The lowest BCUT2D eigenvalue weighted by atomic mass is 9.79. The second-order valence-corrected chi connectivity index (χ2v) is 7.53. The molecule has 1 spiro atoms. The second-order valence-electron chi connectivity index (χ2n) is 7.53. The number of methoxy groups -OCH3 is 3. The normalized spacial score (nSPS) is 17.1. The average molecular weight is 427 g/mol. The first-order valence-electron chi connectivity index (χ1n) is 10.1. The van der Waals surface area contributed by atoms with Crippen molar-refractivity contribution in [2.24, 2.45) is 0 Å². The monoisotopic (exact) mass is 427 g/mol. The molecule has 2 aromatic rings. The van der Waals surface area contributed by atoms with Crippen molar-refractivity contribution in [2.75, 3.05) is 41.0 Å². The van der Waals surface area contributed by atoms with Gasteiger partial charge in [-0.1, -0.05) is 0 Å². The van der Waals surface area contributed by atoms with Crippen LogP contribution in [0.1, 0.15) is 44.9 Å². The molecule has 1 saturated heterocycles. The zero-order chi connectivity index (χ0) is 22.0. The minimum absolute atomic E-state index is 0.0632. The van der Waals surface area contributed by atoms with E-state index in [-0.39, 0.29) is 17.3 Å². The van der Waals surface area contributed by atoms with Crippen molar-refractivity contribution >= 4 is 11.9 Å². The highest BCUT2D eigenvalue weighted by Crippen LogP contribution is 2.45. The molecular formula is C22H25N3O6. The van der Waals surface area contributed by atoms with Crippen LogP contribution in [0.3, 0.4) is 0 Å². The Balaban J connectivity index is 1.51. The number of piperidine rings is 1. The number of carbonyl (C=O) groups excluding carboxylic acids is 2. The number of carbonyl (C=O) groups is 2. The first-order chi connectivity index (χ1) is 15.0. The molecule has 1 aromatic heterocycles. The van der Waals surface area contributed by atoms with E-state index in [2.05, 4.69) is 14.7 Å². The molecule has 1 aromatic carbocycles. The van der Waals surface area contributed by atoms with Crippen LogP contribution in [0.4, 0.5) is 0 Å². The SMILES string of the molecule is COC(=O)c1cnc(C(=O)N2CCC3(CC2)OCCc2cc(OC)c(OC)cc23)cn1. The zero-order valence-electron chi connectivity index (χ0n) is 17.8. The van der Waals surface area contributed by atoms with Gasteiger partial charge in [-0.2, -0.15) is 0 Å². The van der Waals surface area contributed by atoms with Crippen molar-refractivity contribution in [3.8, 4) is 11.5 Å². The van der Waals surface area contributed by atoms with Gasteiger partial charge >= 0.3 is 5.97 Å². The molecule has 0 unspecified atom stereocenters. The molecule has 0 N–H and O–H groups in total. The van der Waals surface area contributed by atoms with Crippen molar-refractivity contribution < 1.29 is 28.5 Å². The van der Waals surface area contributed by atoms with Crippen molar-refractivity contribution in [3.05, 3.63) is 47.0 Å². The number of esters is 1. The molecule has 164 valence electrons. The number of nitrogens with zero attached hydrogens (tertiary/aromatic N) is 3. The largest absolute Gasteiger partial charge is 0.493 e. The van der Waals surface area contributed by atoms with Crippen LogP contribution in [-0.2, 0) is 21.5 Å². The molecule has 0 bridgehead atoms. The minimum Gasteiger partial charge on any atom is -0.493 e. The number of ether oxygens (including phenoxy) is 4. The summed E-state index contributed by atoms with van der Waals surface area (Å²) in [5.74, 6) is 0.569. The van der Waals surface area contributed by atoms with Gasteiger partial charge in [-0.25, -0.2) is 14.8 Å². The second kappa shape index (κ2) is 8.50. The number of hydrogen-bond donors (Lipinski definition) is 0. The van der Waals surface area contributed by atoms with Crippen LogP contribution < -0.4 is 9.47 Å². The van der Waals surface area contributed by atoms with Gasteiger partial charge in [0, 0.05) is 13.1 Å². The first-order valence-corrected chi connectivity index (χ1v) is 10.1. The number of fused-ring (bicyclic) bond motifs is 2. The van der Waals surface area contributed by atoms with E-state index in [1.54, 1.807) is 19.1 Å². The van der Waals surface area contributed by atoms with Crippen LogP contribution in [0.25, 0.3) is 0 Å². The van der Waals surface area contributed by atoms with Crippen LogP contribution in [-0.4, -0.2) is 67.8 Å². The average Bonchev–Trinajstić information content (AvgIpc) is 2.83. The summed E-state index contributed by atoms with van der Waals surface area (Å²) in [4.78, 5) is 34.2. The molecule has 0 atom stereocenters. The quantitative estimate of drug-likeness (QED) is 0.683. The summed E-state index contributed by atoms with van der Waals surface area (Å²) in [6.45, 7) is 1.66. The lowest BCUT2D eigenvalue weighted by Gasteiger charge is -2.45. The van der Waals surface area contributed by atoms with Crippen molar-refractivity contribution in [3.63, 3.8) is 0 Å². The van der Waals surface area contributed by atoms with Crippen molar-refractivity contribution in [1.82, 2.24) is 14.9 Å². The first kappa shape index (κ1) is 21.0. The summed E-state index contributed by atoms with van der Waals surface area (Å²) in [7, 11) is 4.52. The van der Waals surface area contributed by atoms with Crippen LogP contribution >= 0.6 is 0 Å². The molecule has 2 aliphatic rings. The van der Waals surface area contributed by atoms with Gasteiger partial charge in [0.05, 0.1) is 45.9 Å². The highest BCUT2D eigenvalue weighted by Gasteiger charge is 2.42. The predicted molar refractivity (Wildman–Crippen MR) is 109 cm³/mol. The Bertz CT molecular complexity index is 983. The standard InChI is InChI=1S/C22H25N3O6/c1-28-18-10-14-4-9-31-22(15(14)11-19(18)29-2)5-7-25(8-6-22)20(26)16-12-24-17(13-23-16)21(27)30-3/h10-13H,4-9H2,1-3H3. The Morgan fingerprint density at radius 1 is 1.00 bits per heavy atom. The maximum Gasteiger partial charge on any atom is 0.358 e. The molecule has 2 aliphatic heterocycles. The molecule has 3 heterocycles. The maximum absolute atomic E-state index is 12.9. The molecule has 1 fully saturated rings. The van der Waals surface area contributed by atoms with E-state index >= 15 is 0 Å². The molecule has 31 heavy (non-hydrogen) atoms. The molecular weight excluding hydrogens is 402 g/mol. The van der Waals surface area contributed by atoms with E-state index in [1.165, 1.54) is 25.1 Å². The van der Waals surface area contributed by atoms with Gasteiger partial charge in [0.1, 0.15) is 5.69 Å². The number of benzene rings is 1. The summed E-state index contributed by atoms with van der Waals surface area (Å²) in [5, 5.41) is 0. The minimum atomic E-state index is -0.591. The van der Waals surface area contributed by atoms with Gasteiger partial charge in [-0.3, -0.25) is 4.79 Å². The van der Waals surface area contributed by atoms with Crippen molar-refractivity contribution in [2.45, 2.75) is 24.9 Å². The third-order valence-electron chi connectivity index (χ3n) is 5.97. The lowest BCUT2D eigenvalue weighted by Crippen LogP contribution is -2.48. The number of hydrogen-bond acceptors (Lipinski definition) is 8. The summed E-state index contributed by atoms with van der Waals surface area (Å²) in [5.41, 5.74) is 2.09. The van der Waals surface area contributed by atoms with Gasteiger partial charge in [0.15, 0.2) is 17.2 Å². The highest BCUT2D eigenvalue weighted by atomic mass is 16.5. The van der Waals surface area contributed by atoms with Gasteiger partial charge in [-0.05, 0) is 42.5 Å². The predicted octanol–water partition coefficient (Wildman–Crippen LogP) is 1.98. The van der Waals surface area contributed by atoms with Crippen LogP contribution in [0.2, 0.25) is 0 Å². The highest BCUT2D eigenvalue weighted by molar-refractivity contribution is 5.93. The maximum atomic E-state index is 12.9. The third kappa shape index (κ3) is 3.81. The molecule has 9 heteroatoms. The number of rotatable bonds is 4. The van der Waals surface area contributed by atoms with Gasteiger partial charge < -0.3 is 23.8 Å². The van der Waals surface area contributed by atoms with E-state index in [4.69, 9.17) is 14.2 Å². The van der Waals surface area contributed by atoms with Gasteiger partial charge in [0.2, 0.25) is 0 Å². The van der Waals surface area contributed by atoms with Gasteiger partial charge in [0.25, 0.3) is 5.91 Å². The molecule has 0 saturated carbocycles. The summed E-state index contributed by atoms with van der Waals surface area (Å²) < 4.78 is 21.8. The fraction of sp³-hybridized carbons (Fsp3) is 0.455. The van der Waals surface area contributed by atoms with E-state index in [9.17, 15) is 9.59 Å². The molecule has 0 radical (unpaired) electrons. The third-order valence-corrected chi connectivity index (χ3v) is 5.97. The summed E-state index contributed by atoms with van der Waals surface area (Å²) in [6.07, 6.45) is 4.69. The zero-order valence-corrected chi connectivity index (χ0v) is 17.8. The number of aromatic nitrogens is 2. The van der Waals surface area contributed by atoms with E-state index in [0.717, 1.165) is 12.0 Å².